The topological polar surface area (TPSA) is 48.5 Å². The van der Waals surface area contributed by atoms with Gasteiger partial charge in [0.25, 0.3) is 0 Å². The average Bonchev–Trinajstić information content (AvgIpc) is 4.02. The van der Waals surface area contributed by atoms with Crippen LogP contribution in [-0.2, 0) is 0 Å². The zero-order valence-corrected chi connectivity index (χ0v) is 34.7. The molecule has 0 fully saturated rings. The van der Waals surface area contributed by atoms with Gasteiger partial charge in [0.15, 0.2) is 17.5 Å². The lowest BCUT2D eigenvalue weighted by Gasteiger charge is -2.11. The highest BCUT2D eigenvalue weighted by atomic mass is 32.1. The lowest BCUT2D eigenvalue weighted by molar-refractivity contribution is 1.08. The molecule has 13 aromatic rings. The fourth-order valence-electron chi connectivity index (χ4n) is 9.53. The Morgan fingerprint density at radius 3 is 1.38 bits per heavy atom. The lowest BCUT2D eigenvalue weighted by atomic mass is 10.00. The van der Waals surface area contributed by atoms with Gasteiger partial charge in [0.2, 0.25) is 0 Å². The summed E-state index contributed by atoms with van der Waals surface area (Å²) in [5, 5.41) is 7.34. The summed E-state index contributed by atoms with van der Waals surface area (Å²) < 4.78 is 7.20. The van der Waals surface area contributed by atoms with Crippen LogP contribution < -0.4 is 0 Å². The van der Waals surface area contributed by atoms with Gasteiger partial charge in [-0.25, -0.2) is 15.0 Å². The normalized spacial score (nSPS) is 11.8. The Labute approximate surface area is 366 Å². The van der Waals surface area contributed by atoms with Crippen molar-refractivity contribution in [3.05, 3.63) is 212 Å². The summed E-state index contributed by atoms with van der Waals surface area (Å²) in [6.45, 7) is 0. The van der Waals surface area contributed by atoms with Crippen molar-refractivity contribution in [2.24, 2.45) is 0 Å². The summed E-state index contributed by atoms with van der Waals surface area (Å²) in [5.41, 5.74) is 12.4. The van der Waals surface area contributed by atoms with E-state index in [-0.39, 0.29) is 0 Å². The van der Waals surface area contributed by atoms with Gasteiger partial charge in [-0.1, -0.05) is 152 Å². The molecule has 63 heavy (non-hydrogen) atoms. The third-order valence-electron chi connectivity index (χ3n) is 12.4. The van der Waals surface area contributed by atoms with Crippen LogP contribution in [0.4, 0.5) is 0 Å². The molecule has 0 aliphatic rings. The molecule has 294 valence electrons. The van der Waals surface area contributed by atoms with Gasteiger partial charge in [-0.05, 0) is 71.8 Å². The monoisotopic (exact) mass is 821 g/mol. The standard InChI is InChI=1S/C57H35N5S/c1-4-16-36(17-5-1)55-58-56(37-18-6-2-7-19-37)60-57(59-55)46-27-15-26-45-44-25-14-24-41(53(44)63-54(45)46)38-30-32-51-47(34-38)42-22-10-13-29-50(42)62(51)40-31-33-52-48(35-40)43-23-11-12-28-49(43)61(52)39-20-8-3-9-21-39/h1-35H. The Bertz CT molecular complexity index is 3850. The minimum Gasteiger partial charge on any atom is -0.309 e. The molecule has 0 spiro atoms. The van der Waals surface area contributed by atoms with E-state index in [1.807, 2.05) is 47.7 Å². The zero-order valence-electron chi connectivity index (χ0n) is 33.9. The Kier molecular flexibility index (Phi) is 8.01. The number of para-hydroxylation sites is 3. The van der Waals surface area contributed by atoms with Crippen LogP contribution in [0.3, 0.4) is 0 Å². The number of rotatable bonds is 6. The molecule has 0 saturated carbocycles. The Morgan fingerprint density at radius 2 is 0.746 bits per heavy atom. The molecule has 6 heteroatoms. The summed E-state index contributed by atoms with van der Waals surface area (Å²) in [7, 11) is 0. The summed E-state index contributed by atoms with van der Waals surface area (Å²) in [4.78, 5) is 15.2. The quantitative estimate of drug-likeness (QED) is 0.168. The predicted octanol–water partition coefficient (Wildman–Crippen LogP) is 15.1. The summed E-state index contributed by atoms with van der Waals surface area (Å²) in [6, 6.07) is 75.6. The SMILES string of the molecule is c1ccc(-c2nc(-c3ccccc3)nc(-c3cccc4c3sc3c(-c5ccc6c(c5)c5ccccc5n6-c5ccc6c(c5)c5ccccc5n6-c5ccccc5)cccc34)n2)cc1. The molecule has 4 aromatic heterocycles. The van der Waals surface area contributed by atoms with Crippen molar-refractivity contribution in [1.29, 1.82) is 0 Å². The molecule has 0 aliphatic carbocycles. The van der Waals surface area contributed by atoms with Crippen LogP contribution in [0, 0.1) is 0 Å². The third-order valence-corrected chi connectivity index (χ3v) is 13.7. The van der Waals surface area contributed by atoms with Crippen molar-refractivity contribution in [3.8, 4) is 56.7 Å². The first-order chi connectivity index (χ1) is 31.2. The van der Waals surface area contributed by atoms with Gasteiger partial charge in [0, 0.05) is 69.8 Å². The van der Waals surface area contributed by atoms with Crippen molar-refractivity contribution in [3.63, 3.8) is 0 Å². The first-order valence-corrected chi connectivity index (χ1v) is 22.0. The minimum atomic E-state index is 0.657. The molecule has 0 saturated heterocycles. The molecule has 5 nitrogen and oxygen atoms in total. The molecule has 0 amide bonds. The van der Waals surface area contributed by atoms with Crippen LogP contribution in [0.1, 0.15) is 0 Å². The molecule has 0 atom stereocenters. The molecular formula is C57H35N5S. The molecule has 9 aromatic carbocycles. The van der Waals surface area contributed by atoms with Crippen LogP contribution in [0.2, 0.25) is 0 Å². The van der Waals surface area contributed by atoms with E-state index in [9.17, 15) is 0 Å². The molecule has 0 radical (unpaired) electrons. The molecule has 0 bridgehead atoms. The summed E-state index contributed by atoms with van der Waals surface area (Å²) >= 11 is 1.81. The maximum absolute atomic E-state index is 5.12. The molecule has 4 heterocycles. The second kappa shape index (κ2) is 14.2. The maximum atomic E-state index is 5.12. The number of hydrogen-bond donors (Lipinski definition) is 0. The van der Waals surface area contributed by atoms with E-state index in [2.05, 4.69) is 185 Å². The van der Waals surface area contributed by atoms with Crippen molar-refractivity contribution < 1.29 is 0 Å². The van der Waals surface area contributed by atoms with Crippen LogP contribution in [-0.4, -0.2) is 24.1 Å². The van der Waals surface area contributed by atoms with Crippen molar-refractivity contribution in [1.82, 2.24) is 24.1 Å². The van der Waals surface area contributed by atoms with Crippen LogP contribution >= 0.6 is 11.3 Å². The largest absolute Gasteiger partial charge is 0.309 e. The van der Waals surface area contributed by atoms with Gasteiger partial charge >= 0.3 is 0 Å². The second-order valence-electron chi connectivity index (χ2n) is 16.0. The third kappa shape index (κ3) is 5.66. The van der Waals surface area contributed by atoms with E-state index in [4.69, 9.17) is 15.0 Å². The summed E-state index contributed by atoms with van der Waals surface area (Å²) in [5.74, 6) is 1.98. The van der Waals surface area contributed by atoms with E-state index in [1.54, 1.807) is 0 Å². The van der Waals surface area contributed by atoms with Gasteiger partial charge in [-0.2, -0.15) is 0 Å². The summed E-state index contributed by atoms with van der Waals surface area (Å²) in [6.07, 6.45) is 0. The average molecular weight is 822 g/mol. The number of nitrogens with zero attached hydrogens (tertiary/aromatic N) is 5. The second-order valence-corrected chi connectivity index (χ2v) is 17.0. The fourth-order valence-corrected chi connectivity index (χ4v) is 10.9. The molecule has 13 rings (SSSR count). The smallest absolute Gasteiger partial charge is 0.165 e. The highest BCUT2D eigenvalue weighted by molar-refractivity contribution is 7.26. The van der Waals surface area contributed by atoms with Crippen LogP contribution in [0.5, 0.6) is 0 Å². The van der Waals surface area contributed by atoms with E-state index < -0.39 is 0 Å². The van der Waals surface area contributed by atoms with Gasteiger partial charge in [-0.15, -0.1) is 11.3 Å². The number of fused-ring (bicyclic) bond motifs is 9. The van der Waals surface area contributed by atoms with Gasteiger partial charge in [-0.3, -0.25) is 0 Å². The molecule has 0 aliphatic heterocycles. The lowest BCUT2D eigenvalue weighted by Crippen LogP contribution is -2.00. The Hall–Kier alpha value is -8.19. The highest BCUT2D eigenvalue weighted by Gasteiger charge is 2.20. The first kappa shape index (κ1) is 35.6. The predicted molar refractivity (Wildman–Crippen MR) is 263 cm³/mol. The van der Waals surface area contributed by atoms with E-state index in [0.29, 0.717) is 17.5 Å². The maximum Gasteiger partial charge on any atom is 0.165 e. The number of hydrogen-bond acceptors (Lipinski definition) is 4. The van der Waals surface area contributed by atoms with Crippen molar-refractivity contribution >= 4 is 75.1 Å². The van der Waals surface area contributed by atoms with Crippen molar-refractivity contribution in [2.75, 3.05) is 0 Å². The highest BCUT2D eigenvalue weighted by Crippen LogP contribution is 2.45. The molecule has 0 unspecified atom stereocenters. The van der Waals surface area contributed by atoms with Gasteiger partial charge in [0.1, 0.15) is 0 Å². The van der Waals surface area contributed by atoms with Gasteiger partial charge < -0.3 is 9.13 Å². The number of thiophene rings is 1. The first-order valence-electron chi connectivity index (χ1n) is 21.2. The minimum absolute atomic E-state index is 0.657. The Balaban J connectivity index is 0.971. The number of aromatic nitrogens is 5. The van der Waals surface area contributed by atoms with Gasteiger partial charge in [0.05, 0.1) is 22.1 Å². The van der Waals surface area contributed by atoms with Crippen LogP contribution in [0.25, 0.3) is 120 Å². The Morgan fingerprint density at radius 1 is 0.286 bits per heavy atom. The molecule has 0 N–H and O–H groups in total. The number of benzene rings is 9. The van der Waals surface area contributed by atoms with Crippen LogP contribution in [0.15, 0.2) is 212 Å². The molecular weight excluding hydrogens is 787 g/mol. The van der Waals surface area contributed by atoms with E-state index >= 15 is 0 Å². The van der Waals surface area contributed by atoms with E-state index in [0.717, 1.165) is 32.8 Å². The van der Waals surface area contributed by atoms with Crippen molar-refractivity contribution in [2.45, 2.75) is 0 Å². The zero-order chi connectivity index (χ0) is 41.4. The fraction of sp³-hybridized carbons (Fsp3) is 0. The van der Waals surface area contributed by atoms with E-state index in [1.165, 1.54) is 70.2 Å².